The van der Waals surface area contributed by atoms with E-state index < -0.39 is 17.8 Å². The zero-order chi connectivity index (χ0) is 29.5. The third kappa shape index (κ3) is 5.93. The molecular weight excluding hydrogens is 514 g/mol. The molecule has 4 fully saturated rings. The van der Waals surface area contributed by atoms with E-state index in [9.17, 15) is 20.1 Å². The summed E-state index contributed by atoms with van der Waals surface area (Å²) in [4.78, 5) is 15.2. The lowest BCUT2D eigenvalue weighted by Crippen LogP contribution is -2.40. The van der Waals surface area contributed by atoms with Crippen LogP contribution >= 0.6 is 0 Å². The number of carbonyl (C=O) groups is 1. The molecule has 3 aliphatic carbocycles. The van der Waals surface area contributed by atoms with Gasteiger partial charge in [0.2, 0.25) is 0 Å². The predicted molar refractivity (Wildman–Crippen MR) is 161 cm³/mol. The Kier molecular flexibility index (Phi) is 8.58. The van der Waals surface area contributed by atoms with Gasteiger partial charge in [-0.25, -0.2) is 0 Å². The van der Waals surface area contributed by atoms with Crippen LogP contribution in [0.1, 0.15) is 84.1 Å². The van der Waals surface area contributed by atoms with Gasteiger partial charge in [0.25, 0.3) is 5.91 Å². The fraction of sp³-hybridized carbons (Fsp3) is 0.629. The van der Waals surface area contributed by atoms with Crippen molar-refractivity contribution in [2.45, 2.75) is 109 Å². The van der Waals surface area contributed by atoms with E-state index in [-0.39, 0.29) is 17.4 Å². The van der Waals surface area contributed by atoms with Crippen molar-refractivity contribution in [3.63, 3.8) is 0 Å². The third-order valence-electron chi connectivity index (χ3n) is 10.9. The molecule has 41 heavy (non-hydrogen) atoms. The number of hydrogen-bond donors (Lipinski definition) is 3. The molecule has 224 valence electrons. The van der Waals surface area contributed by atoms with Crippen LogP contribution in [0.3, 0.4) is 0 Å². The molecule has 4 aliphatic rings. The van der Waals surface area contributed by atoms with Crippen molar-refractivity contribution in [2.24, 2.45) is 23.2 Å². The molecule has 3 saturated carbocycles. The Morgan fingerprint density at radius 1 is 1.17 bits per heavy atom. The van der Waals surface area contributed by atoms with Gasteiger partial charge in [-0.15, -0.1) is 0 Å². The third-order valence-corrected chi connectivity index (χ3v) is 10.9. The number of aliphatic hydroxyl groups is 3. The highest BCUT2D eigenvalue weighted by molar-refractivity contribution is 5.87. The van der Waals surface area contributed by atoms with Gasteiger partial charge in [0, 0.05) is 25.4 Å². The molecule has 1 saturated heterocycles. The van der Waals surface area contributed by atoms with E-state index in [1.54, 1.807) is 14.0 Å². The van der Waals surface area contributed by atoms with Gasteiger partial charge in [-0.2, -0.15) is 0 Å². The maximum atomic E-state index is 13.3. The Hall–Kier alpha value is -2.41. The molecule has 0 radical (unpaired) electrons. The number of carbonyl (C=O) groups excluding carboxylic acids is 1. The average molecular weight is 564 g/mol. The first-order chi connectivity index (χ1) is 19.4. The molecule has 1 aromatic carbocycles. The number of fused-ring (bicyclic) bond motifs is 1. The molecule has 1 amide bonds. The van der Waals surface area contributed by atoms with E-state index in [0.29, 0.717) is 43.6 Å². The first-order valence-electron chi connectivity index (χ1n) is 15.5. The van der Waals surface area contributed by atoms with Gasteiger partial charge in [0.1, 0.15) is 11.4 Å². The largest absolute Gasteiger partial charge is 0.497 e. The zero-order valence-electron chi connectivity index (χ0n) is 25.3. The lowest BCUT2D eigenvalue weighted by atomic mass is 9.60. The van der Waals surface area contributed by atoms with Crippen LogP contribution in [0.15, 0.2) is 59.7 Å². The van der Waals surface area contributed by atoms with Gasteiger partial charge >= 0.3 is 0 Å². The molecule has 1 heterocycles. The van der Waals surface area contributed by atoms with Gasteiger partial charge in [-0.1, -0.05) is 50.3 Å². The normalized spacial score (nSPS) is 38.5. The number of allylic oxidation sites excluding steroid dienone is 3. The predicted octanol–water partition coefficient (Wildman–Crippen LogP) is 5.71. The summed E-state index contributed by atoms with van der Waals surface area (Å²) in [7, 11) is 1.65. The quantitative estimate of drug-likeness (QED) is 0.395. The first kappa shape index (κ1) is 30.1. The van der Waals surface area contributed by atoms with Crippen LogP contribution in [0.2, 0.25) is 0 Å². The number of ether oxygens (including phenoxy) is 1. The molecule has 5 rings (SSSR count). The highest BCUT2D eigenvalue weighted by atomic mass is 16.5. The highest BCUT2D eigenvalue weighted by Crippen LogP contribution is 2.60. The minimum absolute atomic E-state index is 0.00996. The average Bonchev–Trinajstić information content (AvgIpc) is 3.39. The Balaban J connectivity index is 1.30. The van der Waals surface area contributed by atoms with Crippen molar-refractivity contribution >= 4 is 5.91 Å². The second kappa shape index (κ2) is 11.7. The maximum absolute atomic E-state index is 13.3. The lowest BCUT2D eigenvalue weighted by Gasteiger charge is -2.45. The molecule has 6 heteroatoms. The number of hydrogen-bond acceptors (Lipinski definition) is 5. The van der Waals surface area contributed by atoms with Crippen LogP contribution in [-0.2, 0) is 11.3 Å². The van der Waals surface area contributed by atoms with Crippen molar-refractivity contribution < 1.29 is 24.9 Å². The molecule has 0 aromatic heterocycles. The summed E-state index contributed by atoms with van der Waals surface area (Å²) < 4.78 is 5.29. The summed E-state index contributed by atoms with van der Waals surface area (Å²) >= 11 is 0. The van der Waals surface area contributed by atoms with Crippen LogP contribution in [0.5, 0.6) is 5.75 Å². The number of methoxy groups -OCH3 is 1. The van der Waals surface area contributed by atoms with E-state index in [0.717, 1.165) is 41.7 Å². The van der Waals surface area contributed by atoms with Gasteiger partial charge in [0.15, 0.2) is 0 Å². The number of amides is 1. The van der Waals surface area contributed by atoms with Crippen molar-refractivity contribution in [2.75, 3.05) is 7.11 Å². The van der Waals surface area contributed by atoms with Gasteiger partial charge < -0.3 is 25.0 Å². The second-order valence-corrected chi connectivity index (χ2v) is 13.8. The Morgan fingerprint density at radius 2 is 1.90 bits per heavy atom. The van der Waals surface area contributed by atoms with E-state index in [4.69, 9.17) is 4.74 Å². The minimum atomic E-state index is -1.32. The lowest BCUT2D eigenvalue weighted by molar-refractivity contribution is -0.142. The van der Waals surface area contributed by atoms with Crippen molar-refractivity contribution in [3.8, 4) is 5.75 Å². The summed E-state index contributed by atoms with van der Waals surface area (Å²) in [5.41, 5.74) is 3.12. The standard InChI is InChI=1S/C35H49NO5/c1-22(17-27-20-35(4,40)33(39)36(27)21-24-8-12-29(41-5)13-9-24)30-14-15-31-25(7-6-16-34(30,31)3)10-11-26-18-28(37)19-32(38)23(26)2/h8-13,22,27-28,30-32,37-38,40H,2,6-7,14-21H2,1,3-5H3/b25-10+,26-11-/t22-,27-,28-,30-,31?,32+,34-,35-/m1/s1. The van der Waals surface area contributed by atoms with Crippen LogP contribution in [0.4, 0.5) is 0 Å². The number of rotatable bonds is 7. The summed E-state index contributed by atoms with van der Waals surface area (Å²) in [5.74, 6) is 2.13. The van der Waals surface area contributed by atoms with Crippen LogP contribution in [-0.4, -0.2) is 57.1 Å². The molecule has 0 spiro atoms. The second-order valence-electron chi connectivity index (χ2n) is 13.8. The fourth-order valence-corrected chi connectivity index (χ4v) is 8.74. The summed E-state index contributed by atoms with van der Waals surface area (Å²) in [6.07, 6.45) is 11.3. The Bertz CT molecular complexity index is 1200. The molecule has 1 aromatic rings. The summed E-state index contributed by atoms with van der Waals surface area (Å²) in [6.45, 7) is 11.1. The van der Waals surface area contributed by atoms with Gasteiger partial charge in [-0.3, -0.25) is 4.79 Å². The zero-order valence-corrected chi connectivity index (χ0v) is 25.3. The summed E-state index contributed by atoms with van der Waals surface area (Å²) in [6, 6.07) is 7.85. The van der Waals surface area contributed by atoms with Crippen LogP contribution in [0.25, 0.3) is 0 Å². The van der Waals surface area contributed by atoms with E-state index in [2.05, 4.69) is 32.6 Å². The number of likely N-dealkylation sites (tertiary alicyclic amines) is 1. The maximum Gasteiger partial charge on any atom is 0.254 e. The van der Waals surface area contributed by atoms with Crippen molar-refractivity contribution in [1.29, 1.82) is 0 Å². The van der Waals surface area contributed by atoms with Crippen LogP contribution < -0.4 is 4.74 Å². The highest BCUT2D eigenvalue weighted by Gasteiger charge is 2.53. The Morgan fingerprint density at radius 3 is 2.61 bits per heavy atom. The van der Waals surface area contributed by atoms with Crippen molar-refractivity contribution in [1.82, 2.24) is 4.90 Å². The summed E-state index contributed by atoms with van der Waals surface area (Å²) in [5, 5.41) is 31.4. The van der Waals surface area contributed by atoms with E-state index in [1.165, 1.54) is 24.8 Å². The number of nitrogens with zero attached hydrogens (tertiary/aromatic N) is 1. The van der Waals surface area contributed by atoms with E-state index >= 15 is 0 Å². The molecule has 0 bridgehead atoms. The number of benzene rings is 1. The van der Waals surface area contributed by atoms with Gasteiger partial charge in [-0.05, 0) is 104 Å². The fourth-order valence-electron chi connectivity index (χ4n) is 8.74. The minimum Gasteiger partial charge on any atom is -0.497 e. The SMILES string of the molecule is C=C1/C(=C\C=C2/CCC[C@@]3(C)C2CC[C@@H]3[C@H](C)C[C@@H]2C[C@@](C)(O)C(=O)N2Cc2ccc(OC)cc2)C[C@@H](O)C[C@@H]1O. The molecule has 1 aliphatic heterocycles. The number of aliphatic hydroxyl groups excluding tert-OH is 2. The smallest absolute Gasteiger partial charge is 0.254 e. The topological polar surface area (TPSA) is 90.2 Å². The van der Waals surface area contributed by atoms with Crippen LogP contribution in [0, 0.1) is 23.2 Å². The van der Waals surface area contributed by atoms with E-state index in [1.807, 2.05) is 29.2 Å². The van der Waals surface area contributed by atoms with Gasteiger partial charge in [0.05, 0.1) is 19.3 Å². The monoisotopic (exact) mass is 563 g/mol. The molecule has 8 atom stereocenters. The Labute approximate surface area is 245 Å². The molecule has 6 nitrogen and oxygen atoms in total. The molecule has 1 unspecified atom stereocenters. The molecular formula is C35H49NO5. The first-order valence-corrected chi connectivity index (χ1v) is 15.5. The van der Waals surface area contributed by atoms with Crippen molar-refractivity contribution in [3.05, 3.63) is 65.3 Å². The molecule has 3 N–H and O–H groups in total.